The fourth-order valence-corrected chi connectivity index (χ4v) is 3.50. The third-order valence-corrected chi connectivity index (χ3v) is 5.64. The smallest absolute Gasteiger partial charge is 0.455 e. The number of nitrogens with zero attached hydrogens (tertiary/aromatic N) is 4. The van der Waals surface area contributed by atoms with Gasteiger partial charge in [-0.25, -0.2) is 19.5 Å². The number of phosphoric ester groups is 1. The molecule has 6 unspecified atom stereocenters. The summed E-state index contributed by atoms with van der Waals surface area (Å²) in [7, 11) is -4.85. The number of aliphatic hydroxyl groups is 1. The van der Waals surface area contributed by atoms with Crippen molar-refractivity contribution in [2.75, 3.05) is 12.3 Å². The van der Waals surface area contributed by atoms with Crippen LogP contribution in [0.25, 0.3) is 11.2 Å². The Balaban J connectivity index is 1.88. The number of aromatic nitrogens is 4. The van der Waals surface area contributed by atoms with Crippen LogP contribution in [-0.2, 0) is 23.4 Å². The van der Waals surface area contributed by atoms with Crippen LogP contribution in [0.1, 0.15) is 26.5 Å². The Morgan fingerprint density at radius 2 is 2.10 bits per heavy atom. The number of hydrogen-bond acceptors (Lipinski definition) is 11. The molecule has 1 saturated heterocycles. The predicted octanol–water partition coefficient (Wildman–Crippen LogP) is -0.939. The van der Waals surface area contributed by atoms with E-state index in [-0.39, 0.29) is 22.9 Å². The quantitative estimate of drug-likeness (QED) is 0.237. The van der Waals surface area contributed by atoms with Gasteiger partial charge in [0.2, 0.25) is 0 Å². The Labute approximate surface area is 176 Å². The van der Waals surface area contributed by atoms with Crippen LogP contribution in [0.15, 0.2) is 12.7 Å². The molecule has 31 heavy (non-hydrogen) atoms. The SMILES string of the molecule is CCC(C)C(N)C(=O)OC1C(COP(=O)(O)O)OC(n2cnc3c(N)ncnc32)C1O. The first-order valence-electron chi connectivity index (χ1n) is 9.46. The molecule has 2 aromatic heterocycles. The molecule has 0 saturated carbocycles. The number of imidazole rings is 1. The van der Waals surface area contributed by atoms with Gasteiger partial charge in [-0.15, -0.1) is 0 Å². The van der Waals surface area contributed by atoms with Gasteiger partial charge >= 0.3 is 13.8 Å². The molecule has 3 heterocycles. The van der Waals surface area contributed by atoms with Crippen molar-refractivity contribution in [3.63, 3.8) is 0 Å². The van der Waals surface area contributed by atoms with Gasteiger partial charge in [-0.2, -0.15) is 0 Å². The van der Waals surface area contributed by atoms with Crippen molar-refractivity contribution < 1.29 is 38.3 Å². The highest BCUT2D eigenvalue weighted by molar-refractivity contribution is 7.46. The van der Waals surface area contributed by atoms with Gasteiger partial charge in [0.05, 0.1) is 12.9 Å². The third-order valence-electron chi connectivity index (χ3n) is 5.16. The van der Waals surface area contributed by atoms with Crippen LogP contribution in [-0.4, -0.2) is 71.3 Å². The minimum Gasteiger partial charge on any atom is -0.455 e. The van der Waals surface area contributed by atoms with Crippen LogP contribution in [0.5, 0.6) is 0 Å². The molecule has 0 amide bonds. The molecule has 1 fully saturated rings. The largest absolute Gasteiger partial charge is 0.469 e. The van der Waals surface area contributed by atoms with E-state index in [1.54, 1.807) is 6.92 Å². The van der Waals surface area contributed by atoms with Gasteiger partial charge in [-0.05, 0) is 5.92 Å². The molecule has 0 aromatic carbocycles. The summed E-state index contributed by atoms with van der Waals surface area (Å²) in [6.07, 6.45) is -2.02. The Morgan fingerprint density at radius 3 is 2.74 bits per heavy atom. The molecule has 1 aliphatic heterocycles. The van der Waals surface area contributed by atoms with Crippen LogP contribution in [0.2, 0.25) is 0 Å². The summed E-state index contributed by atoms with van der Waals surface area (Å²) < 4.78 is 28.1. The van der Waals surface area contributed by atoms with E-state index in [1.165, 1.54) is 17.2 Å². The zero-order valence-corrected chi connectivity index (χ0v) is 17.7. The average molecular weight is 460 g/mol. The lowest BCUT2D eigenvalue weighted by Crippen LogP contribution is -2.45. The summed E-state index contributed by atoms with van der Waals surface area (Å²) in [6.45, 7) is 2.97. The number of hydrogen-bond donors (Lipinski definition) is 5. The molecule has 7 N–H and O–H groups in total. The number of ether oxygens (including phenoxy) is 2. The van der Waals surface area contributed by atoms with E-state index < -0.39 is 51.0 Å². The zero-order chi connectivity index (χ0) is 22.9. The molecular weight excluding hydrogens is 435 g/mol. The van der Waals surface area contributed by atoms with E-state index in [9.17, 15) is 14.5 Å². The normalized spacial score (nSPS) is 26.1. The van der Waals surface area contributed by atoms with E-state index in [0.717, 1.165) is 0 Å². The van der Waals surface area contributed by atoms with Crippen LogP contribution in [0.4, 0.5) is 5.82 Å². The number of aliphatic hydroxyl groups excluding tert-OH is 1. The summed E-state index contributed by atoms with van der Waals surface area (Å²) in [5.41, 5.74) is 12.2. The highest BCUT2D eigenvalue weighted by atomic mass is 31.2. The minimum absolute atomic E-state index is 0.111. The number of fused-ring (bicyclic) bond motifs is 1. The fourth-order valence-electron chi connectivity index (χ4n) is 3.15. The number of rotatable bonds is 8. The lowest BCUT2D eigenvalue weighted by molar-refractivity contribution is -0.159. The van der Waals surface area contributed by atoms with E-state index in [1.807, 2.05) is 6.92 Å². The zero-order valence-electron chi connectivity index (χ0n) is 16.8. The molecule has 14 nitrogen and oxygen atoms in total. The second kappa shape index (κ2) is 9.12. The lowest BCUT2D eigenvalue weighted by atomic mass is 10.00. The number of nitrogens with two attached hydrogens (primary N) is 2. The van der Waals surface area contributed by atoms with E-state index in [2.05, 4.69) is 19.5 Å². The molecule has 2 aromatic rings. The number of esters is 1. The van der Waals surface area contributed by atoms with Gasteiger partial charge in [0.15, 0.2) is 23.8 Å². The van der Waals surface area contributed by atoms with Gasteiger partial charge in [0, 0.05) is 0 Å². The van der Waals surface area contributed by atoms with Crippen molar-refractivity contribution in [1.82, 2.24) is 19.5 Å². The van der Waals surface area contributed by atoms with Gasteiger partial charge in [-0.3, -0.25) is 13.9 Å². The Kier molecular flexibility index (Phi) is 6.91. The van der Waals surface area contributed by atoms with E-state index >= 15 is 0 Å². The number of carbonyl (C=O) groups excluding carboxylic acids is 1. The van der Waals surface area contributed by atoms with Crippen molar-refractivity contribution in [1.29, 1.82) is 0 Å². The van der Waals surface area contributed by atoms with Gasteiger partial charge < -0.3 is 35.8 Å². The van der Waals surface area contributed by atoms with Crippen molar-refractivity contribution in [3.8, 4) is 0 Å². The maximum Gasteiger partial charge on any atom is 0.469 e. The van der Waals surface area contributed by atoms with Gasteiger partial charge in [-0.1, -0.05) is 20.3 Å². The highest BCUT2D eigenvalue weighted by Gasteiger charge is 2.49. The van der Waals surface area contributed by atoms with Crippen molar-refractivity contribution >= 4 is 30.8 Å². The molecule has 0 spiro atoms. The first-order chi connectivity index (χ1) is 14.5. The Morgan fingerprint density at radius 1 is 1.39 bits per heavy atom. The molecule has 0 radical (unpaired) electrons. The van der Waals surface area contributed by atoms with Crippen molar-refractivity contribution in [2.24, 2.45) is 11.7 Å². The van der Waals surface area contributed by atoms with Crippen LogP contribution in [0, 0.1) is 5.92 Å². The maximum absolute atomic E-state index is 12.5. The topological polar surface area (TPSA) is 218 Å². The highest BCUT2D eigenvalue weighted by Crippen LogP contribution is 2.39. The lowest BCUT2D eigenvalue weighted by Gasteiger charge is -2.24. The Bertz CT molecular complexity index is 982. The summed E-state index contributed by atoms with van der Waals surface area (Å²) >= 11 is 0. The first kappa shape index (κ1) is 23.5. The predicted molar refractivity (Wildman–Crippen MR) is 105 cm³/mol. The number of phosphoric acid groups is 1. The van der Waals surface area contributed by atoms with Gasteiger partial charge in [0.25, 0.3) is 0 Å². The number of nitrogen functional groups attached to an aromatic ring is 1. The summed E-state index contributed by atoms with van der Waals surface area (Å²) in [4.78, 5) is 42.5. The van der Waals surface area contributed by atoms with E-state index in [0.29, 0.717) is 6.42 Å². The third kappa shape index (κ3) is 5.01. The van der Waals surface area contributed by atoms with E-state index in [4.69, 9.17) is 30.7 Å². The van der Waals surface area contributed by atoms with Crippen molar-refractivity contribution in [2.45, 2.75) is 50.8 Å². The van der Waals surface area contributed by atoms with Crippen LogP contribution >= 0.6 is 7.82 Å². The molecular formula is C16H25N6O8P. The molecule has 172 valence electrons. The number of carbonyl (C=O) groups is 1. The van der Waals surface area contributed by atoms with Crippen LogP contribution < -0.4 is 11.5 Å². The summed E-state index contributed by atoms with van der Waals surface area (Å²) in [5.74, 6) is -0.865. The first-order valence-corrected chi connectivity index (χ1v) is 11.0. The van der Waals surface area contributed by atoms with Crippen LogP contribution in [0.3, 0.4) is 0 Å². The molecule has 3 rings (SSSR count). The number of anilines is 1. The molecule has 1 aliphatic rings. The second-order valence-electron chi connectivity index (χ2n) is 7.24. The maximum atomic E-state index is 12.5. The monoisotopic (exact) mass is 460 g/mol. The summed E-state index contributed by atoms with van der Waals surface area (Å²) in [6, 6.07) is -0.957. The molecule has 0 bridgehead atoms. The molecule has 15 heteroatoms. The standard InChI is InChI=1S/C16H25N6O8P/c1-3-7(2)9(17)16(24)30-12-8(4-28-31(25,26)27)29-15(11(12)23)22-6-21-10-13(18)19-5-20-14(10)22/h5-9,11-12,15,23H,3-4,17H2,1-2H3,(H2,18,19,20)(H2,25,26,27). The molecule has 0 aliphatic carbocycles. The summed E-state index contributed by atoms with van der Waals surface area (Å²) in [5, 5.41) is 10.9. The minimum atomic E-state index is -4.85. The Hall–Kier alpha value is -2.19. The molecule has 6 atom stereocenters. The van der Waals surface area contributed by atoms with Crippen molar-refractivity contribution in [3.05, 3.63) is 12.7 Å². The van der Waals surface area contributed by atoms with Gasteiger partial charge in [0.1, 0.15) is 30.1 Å². The average Bonchev–Trinajstić information content (AvgIpc) is 3.27. The fraction of sp³-hybridized carbons (Fsp3) is 0.625. The second-order valence-corrected chi connectivity index (χ2v) is 8.48.